The van der Waals surface area contributed by atoms with Gasteiger partial charge in [0.25, 0.3) is 11.8 Å². The molecule has 2 amide bonds. The molecule has 2 aliphatic rings. The van der Waals surface area contributed by atoms with Crippen LogP contribution < -0.4 is 20.5 Å². The van der Waals surface area contributed by atoms with Crippen molar-refractivity contribution in [2.75, 3.05) is 11.7 Å². The first-order chi connectivity index (χ1) is 18.2. The molecule has 5 rings (SSSR count). The molecule has 1 radical (unpaired) electrons. The second kappa shape index (κ2) is 10.3. The van der Waals surface area contributed by atoms with Crippen molar-refractivity contribution in [3.8, 4) is 5.75 Å². The Bertz CT molecular complexity index is 1440. The Kier molecular flexibility index (Phi) is 6.88. The predicted octanol–water partition coefficient (Wildman–Crippen LogP) is 3.37. The van der Waals surface area contributed by atoms with Gasteiger partial charge in [-0.3, -0.25) is 24.1 Å². The molecule has 2 aliphatic heterocycles. The Balaban J connectivity index is 1.56. The lowest BCUT2D eigenvalue weighted by atomic mass is 10.1. The minimum absolute atomic E-state index is 0.0133. The normalized spacial score (nSPS) is 18.6. The average molecular weight is 522 g/mol. The van der Waals surface area contributed by atoms with E-state index in [-0.39, 0.29) is 60.4 Å². The topological polar surface area (TPSA) is 83.9 Å². The van der Waals surface area contributed by atoms with Gasteiger partial charge < -0.3 is 15.0 Å². The number of carbonyl (C=O) groups is 2. The van der Waals surface area contributed by atoms with Crippen LogP contribution in [0.1, 0.15) is 52.2 Å². The van der Waals surface area contributed by atoms with Crippen LogP contribution in [0, 0.1) is 18.1 Å². The van der Waals surface area contributed by atoms with E-state index in [2.05, 4.69) is 5.32 Å². The van der Waals surface area contributed by atoms with Crippen LogP contribution in [0.15, 0.2) is 59.5 Å². The smallest absolute Gasteiger partial charge is 0.278 e. The molecule has 2 bridgehead atoms. The Morgan fingerprint density at radius 2 is 1.87 bits per heavy atom. The Morgan fingerprint density at radius 1 is 1.11 bits per heavy atom. The lowest BCUT2D eigenvalue weighted by molar-refractivity contribution is 0.0645. The fraction of sp³-hybridized carbons (Fsp3) is 0.286. The summed E-state index contributed by atoms with van der Waals surface area (Å²) < 4.78 is 34.8. The summed E-state index contributed by atoms with van der Waals surface area (Å²) in [6.45, 7) is 3.94. The van der Waals surface area contributed by atoms with Gasteiger partial charge in [-0.15, -0.1) is 0 Å². The summed E-state index contributed by atoms with van der Waals surface area (Å²) in [6.07, 6.45) is 4.07. The zero-order valence-corrected chi connectivity index (χ0v) is 21.0. The number of nitrogens with zero attached hydrogens (tertiary/aromatic N) is 3. The summed E-state index contributed by atoms with van der Waals surface area (Å²) in [5.41, 5.74) is -0.109. The molecular formula is C28H27F2N4O4. The Morgan fingerprint density at radius 3 is 2.61 bits per heavy atom. The van der Waals surface area contributed by atoms with Crippen LogP contribution in [-0.2, 0) is 13.2 Å². The molecule has 2 atom stereocenters. The number of benzene rings is 2. The van der Waals surface area contributed by atoms with Gasteiger partial charge in [-0.1, -0.05) is 36.4 Å². The van der Waals surface area contributed by atoms with Crippen LogP contribution in [0.2, 0.25) is 0 Å². The lowest BCUT2D eigenvalue weighted by Crippen LogP contribution is -2.57. The summed E-state index contributed by atoms with van der Waals surface area (Å²) in [7, 11) is 0. The molecule has 1 N–H and O–H groups in total. The Hall–Kier alpha value is -4.21. The first-order valence-corrected chi connectivity index (χ1v) is 12.3. The summed E-state index contributed by atoms with van der Waals surface area (Å²) in [6, 6.07) is 12.0. The second-order valence-electron chi connectivity index (χ2n) is 9.50. The van der Waals surface area contributed by atoms with E-state index in [4.69, 9.17) is 4.74 Å². The van der Waals surface area contributed by atoms with Gasteiger partial charge in [0, 0.05) is 36.5 Å². The number of amides is 2. The van der Waals surface area contributed by atoms with Crippen LogP contribution >= 0.6 is 0 Å². The molecule has 1 saturated heterocycles. The van der Waals surface area contributed by atoms with Crippen LogP contribution in [-0.4, -0.2) is 40.1 Å². The lowest BCUT2D eigenvalue weighted by Gasteiger charge is -2.42. The standard InChI is InChI=1S/C28H27F2N4O4/c1-17-8-9-18(2)34-16-32(17)28(37)24-26(38-15-19-6-4-3-5-7-19)25(35)22(14-33(24)34)27(36)31-13-20-10-11-21(29)12-23(20)30/h3-8,10-12,14,17-18H,9,13,15-16H2,1-2H3,(H,31,36)/t17-,18+/m0/s1. The summed E-state index contributed by atoms with van der Waals surface area (Å²) in [5, 5.41) is 4.44. The molecule has 8 nitrogen and oxygen atoms in total. The number of rotatable bonds is 6. The zero-order valence-electron chi connectivity index (χ0n) is 21.0. The number of carbonyl (C=O) groups excluding carboxylic acids is 2. The van der Waals surface area contributed by atoms with Crippen LogP contribution in [0.3, 0.4) is 0 Å². The summed E-state index contributed by atoms with van der Waals surface area (Å²) in [4.78, 5) is 42.1. The maximum absolute atomic E-state index is 14.1. The number of aromatic nitrogens is 1. The molecule has 197 valence electrons. The third-order valence-electron chi connectivity index (χ3n) is 6.93. The van der Waals surface area contributed by atoms with E-state index in [9.17, 15) is 23.2 Å². The molecule has 38 heavy (non-hydrogen) atoms. The van der Waals surface area contributed by atoms with Crippen molar-refractivity contribution in [1.29, 1.82) is 0 Å². The molecule has 0 unspecified atom stereocenters. The quantitative estimate of drug-likeness (QED) is 0.538. The first-order valence-electron chi connectivity index (χ1n) is 12.3. The van der Waals surface area contributed by atoms with Crippen molar-refractivity contribution >= 4 is 11.8 Å². The van der Waals surface area contributed by atoms with Crippen molar-refractivity contribution in [1.82, 2.24) is 14.9 Å². The van der Waals surface area contributed by atoms with Crippen molar-refractivity contribution in [2.24, 2.45) is 0 Å². The molecule has 1 fully saturated rings. The average Bonchev–Trinajstić information content (AvgIpc) is 3.03. The largest absolute Gasteiger partial charge is 0.482 e. The van der Waals surface area contributed by atoms with Crippen LogP contribution in [0.4, 0.5) is 8.78 Å². The number of nitrogens with one attached hydrogen (secondary N) is 1. The number of pyridine rings is 1. The van der Waals surface area contributed by atoms with Gasteiger partial charge in [-0.25, -0.2) is 8.78 Å². The van der Waals surface area contributed by atoms with E-state index in [0.29, 0.717) is 6.42 Å². The fourth-order valence-electron chi connectivity index (χ4n) is 4.67. The summed E-state index contributed by atoms with van der Waals surface area (Å²) in [5.74, 6) is -2.91. The van der Waals surface area contributed by atoms with E-state index in [1.165, 1.54) is 16.9 Å². The molecule has 0 aliphatic carbocycles. The van der Waals surface area contributed by atoms with Gasteiger partial charge in [0.15, 0.2) is 11.4 Å². The highest BCUT2D eigenvalue weighted by atomic mass is 19.1. The SMILES string of the molecule is C[C@@H]1C[CH][C@H](C)N2CN1n1cc(C(=O)NCc3ccc(F)cc3F)c(=O)c(OCc3ccccc3)c1C2=O. The minimum atomic E-state index is -0.811. The highest BCUT2D eigenvalue weighted by Crippen LogP contribution is 2.29. The third kappa shape index (κ3) is 4.73. The first kappa shape index (κ1) is 25.4. The van der Waals surface area contributed by atoms with Gasteiger partial charge in [0.1, 0.15) is 30.5 Å². The Labute approximate surface area is 218 Å². The molecule has 10 heteroatoms. The maximum Gasteiger partial charge on any atom is 0.278 e. The highest BCUT2D eigenvalue weighted by Gasteiger charge is 2.40. The molecule has 2 aromatic carbocycles. The van der Waals surface area contributed by atoms with Gasteiger partial charge in [-0.05, 0) is 38.3 Å². The second-order valence-corrected chi connectivity index (χ2v) is 9.50. The number of fused-ring (bicyclic) bond motifs is 4. The molecule has 3 heterocycles. The minimum Gasteiger partial charge on any atom is -0.482 e. The number of hydrogen-bond acceptors (Lipinski definition) is 5. The van der Waals surface area contributed by atoms with Gasteiger partial charge in [0.2, 0.25) is 5.43 Å². The molecule has 0 spiro atoms. The third-order valence-corrected chi connectivity index (χ3v) is 6.93. The van der Waals surface area contributed by atoms with E-state index in [0.717, 1.165) is 17.7 Å². The monoisotopic (exact) mass is 521 g/mol. The van der Waals surface area contributed by atoms with Crippen LogP contribution in [0.5, 0.6) is 5.75 Å². The maximum atomic E-state index is 14.1. The number of hydrogen-bond donors (Lipinski definition) is 1. The van der Waals surface area contributed by atoms with Crippen molar-refractivity contribution in [3.63, 3.8) is 0 Å². The molecule has 0 saturated carbocycles. The van der Waals surface area contributed by atoms with Gasteiger partial charge in [-0.2, -0.15) is 0 Å². The van der Waals surface area contributed by atoms with Crippen LogP contribution in [0.25, 0.3) is 0 Å². The molecule has 3 aromatic rings. The van der Waals surface area contributed by atoms with Gasteiger partial charge in [0.05, 0.1) is 0 Å². The number of ether oxygens (including phenoxy) is 1. The van der Waals surface area contributed by atoms with Crippen molar-refractivity contribution in [2.45, 2.75) is 45.5 Å². The molecular weight excluding hydrogens is 494 g/mol. The van der Waals surface area contributed by atoms with E-state index in [1.54, 1.807) is 4.90 Å². The number of halogens is 2. The van der Waals surface area contributed by atoms with Crippen molar-refractivity contribution in [3.05, 3.63) is 105 Å². The summed E-state index contributed by atoms with van der Waals surface area (Å²) >= 11 is 0. The van der Waals surface area contributed by atoms with E-state index >= 15 is 0 Å². The predicted molar refractivity (Wildman–Crippen MR) is 136 cm³/mol. The highest BCUT2D eigenvalue weighted by molar-refractivity contribution is 5.99. The van der Waals surface area contributed by atoms with Gasteiger partial charge >= 0.3 is 0 Å². The molecule has 1 aromatic heterocycles. The van der Waals surface area contributed by atoms with E-state index < -0.39 is 23.0 Å². The zero-order chi connectivity index (χ0) is 27.0. The van der Waals surface area contributed by atoms with Crippen molar-refractivity contribution < 1.29 is 23.1 Å². The fourth-order valence-corrected chi connectivity index (χ4v) is 4.67. The van der Waals surface area contributed by atoms with E-state index in [1.807, 2.05) is 55.6 Å².